The van der Waals surface area contributed by atoms with Crippen molar-refractivity contribution in [1.82, 2.24) is 0 Å². The predicted octanol–water partition coefficient (Wildman–Crippen LogP) is 3.82. The Bertz CT molecular complexity index is 625. The molecule has 0 saturated carbocycles. The van der Waals surface area contributed by atoms with Crippen LogP contribution in [0.2, 0.25) is 0 Å². The maximum Gasteiger partial charge on any atom is 0.308 e. The lowest BCUT2D eigenvalue weighted by molar-refractivity contribution is -0.131. The van der Waals surface area contributed by atoms with E-state index in [1.807, 2.05) is 30.3 Å². The second-order valence-corrected chi connectivity index (χ2v) is 5.03. The molecular formula is C14H11NO2S. The number of esters is 1. The van der Waals surface area contributed by atoms with E-state index >= 15 is 0 Å². The van der Waals surface area contributed by atoms with Gasteiger partial charge in [0.05, 0.1) is 11.4 Å². The number of rotatable bonds is 1. The van der Waals surface area contributed by atoms with E-state index in [1.165, 1.54) is 11.8 Å². The fourth-order valence-electron chi connectivity index (χ4n) is 1.87. The molecule has 2 aromatic carbocycles. The Morgan fingerprint density at radius 2 is 1.89 bits per heavy atom. The molecule has 0 aliphatic carbocycles. The largest absolute Gasteiger partial charge is 0.424 e. The zero-order valence-electron chi connectivity index (χ0n) is 9.77. The topological polar surface area (TPSA) is 38.3 Å². The third-order valence-corrected chi connectivity index (χ3v) is 3.74. The van der Waals surface area contributed by atoms with Crippen molar-refractivity contribution in [2.75, 3.05) is 5.32 Å². The fraction of sp³-hybridized carbons (Fsp3) is 0.0714. The Morgan fingerprint density at radius 1 is 1.11 bits per heavy atom. The number of carbonyl (C=O) groups is 1. The summed E-state index contributed by atoms with van der Waals surface area (Å²) in [6.07, 6.45) is 0. The molecule has 1 N–H and O–H groups in total. The SMILES string of the molecule is CC(=O)Oc1cccc2c1Nc1ccccc1S2. The van der Waals surface area contributed by atoms with E-state index in [0.717, 1.165) is 16.3 Å². The number of nitrogens with one attached hydrogen (secondary N) is 1. The van der Waals surface area contributed by atoms with E-state index in [2.05, 4.69) is 11.4 Å². The summed E-state index contributed by atoms with van der Waals surface area (Å²) < 4.78 is 5.21. The Morgan fingerprint density at radius 3 is 2.72 bits per heavy atom. The van der Waals surface area contributed by atoms with Gasteiger partial charge in [0.25, 0.3) is 0 Å². The maximum absolute atomic E-state index is 11.1. The van der Waals surface area contributed by atoms with E-state index in [4.69, 9.17) is 4.74 Å². The standard InChI is InChI=1S/C14H11NO2S/c1-9(16)17-11-6-4-8-13-14(11)15-10-5-2-3-7-12(10)18-13/h2-8,15H,1H3. The minimum Gasteiger partial charge on any atom is -0.424 e. The maximum atomic E-state index is 11.1. The van der Waals surface area contributed by atoms with Gasteiger partial charge in [0.15, 0.2) is 5.75 Å². The van der Waals surface area contributed by atoms with Crippen LogP contribution in [-0.2, 0) is 4.79 Å². The van der Waals surface area contributed by atoms with Crippen molar-refractivity contribution in [1.29, 1.82) is 0 Å². The summed E-state index contributed by atoms with van der Waals surface area (Å²) in [4.78, 5) is 13.3. The first kappa shape index (κ1) is 11.2. The van der Waals surface area contributed by atoms with Crippen LogP contribution in [0.4, 0.5) is 11.4 Å². The van der Waals surface area contributed by atoms with Crippen LogP contribution in [0.25, 0.3) is 0 Å². The van der Waals surface area contributed by atoms with Crippen LogP contribution in [0.15, 0.2) is 52.3 Å². The zero-order chi connectivity index (χ0) is 12.5. The van der Waals surface area contributed by atoms with Gasteiger partial charge in [0, 0.05) is 16.7 Å². The number of fused-ring (bicyclic) bond motifs is 2. The van der Waals surface area contributed by atoms with Gasteiger partial charge in [-0.3, -0.25) is 4.79 Å². The van der Waals surface area contributed by atoms with Crippen molar-refractivity contribution in [3.05, 3.63) is 42.5 Å². The van der Waals surface area contributed by atoms with Crippen LogP contribution >= 0.6 is 11.8 Å². The smallest absolute Gasteiger partial charge is 0.308 e. The molecule has 3 rings (SSSR count). The molecule has 0 atom stereocenters. The molecule has 1 aliphatic heterocycles. The minimum absolute atomic E-state index is 0.311. The third-order valence-electron chi connectivity index (χ3n) is 2.61. The summed E-state index contributed by atoms with van der Waals surface area (Å²) in [5, 5.41) is 3.32. The molecule has 0 fully saturated rings. The molecule has 0 amide bonds. The van der Waals surface area contributed by atoms with Crippen LogP contribution in [0.3, 0.4) is 0 Å². The third kappa shape index (κ3) is 1.95. The first-order valence-corrected chi connectivity index (χ1v) is 6.41. The Labute approximate surface area is 109 Å². The van der Waals surface area contributed by atoms with Gasteiger partial charge >= 0.3 is 5.97 Å². The van der Waals surface area contributed by atoms with Gasteiger partial charge < -0.3 is 10.1 Å². The predicted molar refractivity (Wildman–Crippen MR) is 71.6 cm³/mol. The van der Waals surface area contributed by atoms with E-state index in [-0.39, 0.29) is 5.97 Å². The average Bonchev–Trinajstić information content (AvgIpc) is 2.36. The number of hydrogen-bond acceptors (Lipinski definition) is 4. The summed E-state index contributed by atoms with van der Waals surface area (Å²) in [6, 6.07) is 13.8. The van der Waals surface area contributed by atoms with Gasteiger partial charge in [-0.15, -0.1) is 0 Å². The minimum atomic E-state index is -0.311. The molecule has 18 heavy (non-hydrogen) atoms. The number of anilines is 2. The number of ether oxygens (including phenoxy) is 1. The second kappa shape index (κ2) is 4.38. The highest BCUT2D eigenvalue weighted by molar-refractivity contribution is 7.99. The lowest BCUT2D eigenvalue weighted by atomic mass is 10.2. The molecule has 0 unspecified atom stereocenters. The van der Waals surface area contributed by atoms with Crippen LogP contribution in [-0.4, -0.2) is 5.97 Å². The average molecular weight is 257 g/mol. The fourth-order valence-corrected chi connectivity index (χ4v) is 2.88. The van der Waals surface area contributed by atoms with Crippen LogP contribution in [0.5, 0.6) is 5.75 Å². The molecule has 0 bridgehead atoms. The molecule has 0 spiro atoms. The molecule has 90 valence electrons. The summed E-state index contributed by atoms with van der Waals surface area (Å²) in [7, 11) is 0. The monoisotopic (exact) mass is 257 g/mol. The molecule has 1 aliphatic rings. The van der Waals surface area contributed by atoms with Crippen molar-refractivity contribution in [2.45, 2.75) is 16.7 Å². The zero-order valence-corrected chi connectivity index (χ0v) is 10.6. The number of benzene rings is 2. The van der Waals surface area contributed by atoms with Gasteiger partial charge in [-0.25, -0.2) is 0 Å². The summed E-state index contributed by atoms with van der Waals surface area (Å²) >= 11 is 1.67. The van der Waals surface area contributed by atoms with Gasteiger partial charge in [-0.05, 0) is 24.3 Å². The van der Waals surface area contributed by atoms with Gasteiger partial charge in [-0.2, -0.15) is 0 Å². The highest BCUT2D eigenvalue weighted by Crippen LogP contribution is 2.47. The summed E-state index contributed by atoms with van der Waals surface area (Å²) in [5.74, 6) is 0.260. The lowest BCUT2D eigenvalue weighted by Gasteiger charge is -2.22. The van der Waals surface area contributed by atoms with E-state index in [0.29, 0.717) is 5.75 Å². The number of carbonyl (C=O) groups excluding carboxylic acids is 1. The number of para-hydroxylation sites is 2. The van der Waals surface area contributed by atoms with E-state index in [1.54, 1.807) is 17.8 Å². The molecule has 4 heteroatoms. The van der Waals surface area contributed by atoms with Crippen molar-refractivity contribution in [3.63, 3.8) is 0 Å². The molecule has 3 nitrogen and oxygen atoms in total. The molecular weight excluding hydrogens is 246 g/mol. The Kier molecular flexibility index (Phi) is 2.72. The lowest BCUT2D eigenvalue weighted by Crippen LogP contribution is -2.06. The Balaban J connectivity index is 2.04. The van der Waals surface area contributed by atoms with Crippen LogP contribution in [0.1, 0.15) is 6.92 Å². The van der Waals surface area contributed by atoms with Crippen molar-refractivity contribution in [2.24, 2.45) is 0 Å². The molecule has 0 radical (unpaired) electrons. The first-order valence-electron chi connectivity index (χ1n) is 5.59. The van der Waals surface area contributed by atoms with Gasteiger partial charge in [-0.1, -0.05) is 30.0 Å². The molecule has 2 aromatic rings. The molecule has 0 aromatic heterocycles. The number of hydrogen-bond donors (Lipinski definition) is 1. The molecule has 0 saturated heterocycles. The van der Waals surface area contributed by atoms with E-state index in [9.17, 15) is 4.79 Å². The van der Waals surface area contributed by atoms with Crippen LogP contribution < -0.4 is 10.1 Å². The van der Waals surface area contributed by atoms with Gasteiger partial charge in [0.1, 0.15) is 0 Å². The second-order valence-electron chi connectivity index (χ2n) is 3.95. The normalized spacial score (nSPS) is 12.1. The Hall–Kier alpha value is -1.94. The molecule has 1 heterocycles. The van der Waals surface area contributed by atoms with E-state index < -0.39 is 0 Å². The van der Waals surface area contributed by atoms with Crippen LogP contribution in [0, 0.1) is 0 Å². The van der Waals surface area contributed by atoms with Gasteiger partial charge in [0.2, 0.25) is 0 Å². The highest BCUT2D eigenvalue weighted by Gasteiger charge is 2.19. The van der Waals surface area contributed by atoms with Crippen molar-refractivity contribution < 1.29 is 9.53 Å². The first-order chi connectivity index (χ1) is 8.74. The highest BCUT2D eigenvalue weighted by atomic mass is 32.2. The summed E-state index contributed by atoms with van der Waals surface area (Å²) in [6.45, 7) is 1.41. The van der Waals surface area contributed by atoms with Crippen molar-refractivity contribution >= 4 is 29.1 Å². The summed E-state index contributed by atoms with van der Waals surface area (Å²) in [5.41, 5.74) is 1.89. The quantitative estimate of drug-likeness (QED) is 0.531. The van der Waals surface area contributed by atoms with Crippen molar-refractivity contribution in [3.8, 4) is 5.75 Å².